The van der Waals surface area contributed by atoms with E-state index >= 15 is 0 Å². The zero-order valence-corrected chi connectivity index (χ0v) is 16.4. The minimum absolute atomic E-state index is 0.0935. The third-order valence-corrected chi connectivity index (χ3v) is 4.97. The van der Waals surface area contributed by atoms with Crippen LogP contribution in [0.25, 0.3) is 0 Å². The summed E-state index contributed by atoms with van der Waals surface area (Å²) in [6, 6.07) is 13.2. The molecule has 1 fully saturated rings. The Morgan fingerprint density at radius 1 is 1.11 bits per heavy atom. The zero-order valence-electron chi connectivity index (χ0n) is 15.6. The van der Waals surface area contributed by atoms with E-state index in [1.807, 2.05) is 23.1 Å². The van der Waals surface area contributed by atoms with Crippen LogP contribution in [0, 0.1) is 0 Å². The van der Waals surface area contributed by atoms with E-state index in [0.29, 0.717) is 17.2 Å². The second-order valence-electron chi connectivity index (χ2n) is 6.54. The highest BCUT2D eigenvalue weighted by Gasteiger charge is 2.24. The van der Waals surface area contributed by atoms with E-state index < -0.39 is 0 Å². The number of carbonyl (C=O) groups excluding carboxylic acids is 1. The fraction of sp³-hybridized carbons (Fsp3) is 0.350. The number of piperazine rings is 1. The van der Waals surface area contributed by atoms with Crippen molar-refractivity contribution in [1.29, 1.82) is 0 Å². The first-order valence-electron chi connectivity index (χ1n) is 8.95. The normalized spacial score (nSPS) is 14.7. The molecule has 2 amide bonds. The van der Waals surface area contributed by atoms with Gasteiger partial charge in [-0.05, 0) is 24.3 Å². The van der Waals surface area contributed by atoms with Crippen molar-refractivity contribution in [3.05, 3.63) is 53.1 Å². The van der Waals surface area contributed by atoms with Gasteiger partial charge in [0.05, 0.1) is 40.4 Å². The maximum Gasteiger partial charge on any atom is 0.322 e. The average Bonchev–Trinajstić information content (AvgIpc) is 2.68. The summed E-state index contributed by atoms with van der Waals surface area (Å²) >= 11 is 6.06. The summed E-state index contributed by atoms with van der Waals surface area (Å²) in [5.74, 6) is 1.22. The van der Waals surface area contributed by atoms with Crippen molar-refractivity contribution in [3.8, 4) is 11.5 Å². The van der Waals surface area contributed by atoms with E-state index in [2.05, 4.69) is 11.4 Å². The van der Waals surface area contributed by atoms with Crippen LogP contribution in [0.3, 0.4) is 0 Å². The molecule has 2 N–H and O–H groups in total. The second kappa shape index (κ2) is 8.97. The Morgan fingerprint density at radius 3 is 2.52 bits per heavy atom. The second-order valence-corrected chi connectivity index (χ2v) is 6.98. The fourth-order valence-corrected chi connectivity index (χ4v) is 3.47. The molecule has 27 heavy (non-hydrogen) atoms. The molecule has 2 aromatic rings. The number of benzene rings is 2. The summed E-state index contributed by atoms with van der Waals surface area (Å²) in [5.41, 5.74) is 1.91. The van der Waals surface area contributed by atoms with Gasteiger partial charge in [-0.3, -0.25) is 0 Å². The lowest BCUT2D eigenvalue weighted by Gasteiger charge is -2.32. The SMILES string of the molecule is COc1ccc(NC(=O)N2CC[NH+](Cc3cccc(Cl)c3)CC2)cc1OC. The Morgan fingerprint density at radius 2 is 1.85 bits per heavy atom. The van der Waals surface area contributed by atoms with Crippen LogP contribution in [0.2, 0.25) is 5.02 Å². The Hall–Kier alpha value is -2.44. The van der Waals surface area contributed by atoms with Crippen molar-refractivity contribution in [1.82, 2.24) is 4.90 Å². The van der Waals surface area contributed by atoms with E-state index in [4.69, 9.17) is 21.1 Å². The van der Waals surface area contributed by atoms with Gasteiger partial charge in [0, 0.05) is 22.3 Å². The van der Waals surface area contributed by atoms with Crippen LogP contribution in [0.1, 0.15) is 5.56 Å². The van der Waals surface area contributed by atoms with Crippen molar-refractivity contribution >= 4 is 23.3 Å². The highest BCUT2D eigenvalue weighted by Crippen LogP contribution is 2.29. The number of ether oxygens (including phenoxy) is 2. The number of nitrogens with zero attached hydrogens (tertiary/aromatic N) is 1. The summed E-state index contributed by atoms with van der Waals surface area (Å²) in [7, 11) is 3.16. The number of hydrogen-bond acceptors (Lipinski definition) is 3. The van der Waals surface area contributed by atoms with Crippen molar-refractivity contribution in [2.45, 2.75) is 6.54 Å². The first-order chi connectivity index (χ1) is 13.1. The van der Waals surface area contributed by atoms with Crippen LogP contribution < -0.4 is 19.7 Å². The molecule has 6 nitrogen and oxygen atoms in total. The van der Waals surface area contributed by atoms with Gasteiger partial charge in [-0.1, -0.05) is 23.7 Å². The van der Waals surface area contributed by atoms with Crippen LogP contribution in [0.5, 0.6) is 11.5 Å². The maximum absolute atomic E-state index is 12.5. The standard InChI is InChI=1S/C20H24ClN3O3/c1-26-18-7-6-17(13-19(18)27-2)22-20(25)24-10-8-23(9-11-24)14-15-4-3-5-16(21)12-15/h3-7,12-13H,8-11,14H2,1-2H3,(H,22,25)/p+1. The van der Waals surface area contributed by atoms with E-state index in [-0.39, 0.29) is 6.03 Å². The van der Waals surface area contributed by atoms with Crippen LogP contribution in [0.15, 0.2) is 42.5 Å². The third-order valence-electron chi connectivity index (χ3n) is 4.74. The van der Waals surface area contributed by atoms with Crippen LogP contribution in [0.4, 0.5) is 10.5 Å². The molecule has 0 atom stereocenters. The lowest BCUT2D eigenvalue weighted by molar-refractivity contribution is -0.917. The quantitative estimate of drug-likeness (QED) is 0.823. The van der Waals surface area contributed by atoms with Crippen LogP contribution >= 0.6 is 11.6 Å². The summed E-state index contributed by atoms with van der Waals surface area (Å²) in [5, 5.41) is 3.70. The van der Waals surface area contributed by atoms with Gasteiger partial charge < -0.3 is 24.6 Å². The smallest absolute Gasteiger partial charge is 0.322 e. The Labute approximate surface area is 164 Å². The number of nitrogens with one attached hydrogen (secondary N) is 2. The Bertz CT molecular complexity index is 792. The number of urea groups is 1. The molecule has 0 unspecified atom stereocenters. The molecule has 144 valence electrons. The van der Waals surface area contributed by atoms with Crippen molar-refractivity contribution in [2.24, 2.45) is 0 Å². The van der Waals surface area contributed by atoms with Gasteiger partial charge in [0.1, 0.15) is 6.54 Å². The number of amides is 2. The van der Waals surface area contributed by atoms with Gasteiger partial charge in [0.2, 0.25) is 0 Å². The van der Waals surface area contributed by atoms with E-state index in [1.165, 1.54) is 10.5 Å². The molecule has 0 aliphatic carbocycles. The molecular weight excluding hydrogens is 366 g/mol. The zero-order chi connectivity index (χ0) is 19.2. The molecule has 1 saturated heterocycles. The van der Waals surface area contributed by atoms with Gasteiger partial charge in [-0.25, -0.2) is 4.79 Å². The van der Waals surface area contributed by atoms with E-state index in [1.54, 1.807) is 32.4 Å². The molecule has 0 saturated carbocycles. The topological polar surface area (TPSA) is 55.2 Å². The molecule has 3 rings (SSSR count). The monoisotopic (exact) mass is 390 g/mol. The molecule has 7 heteroatoms. The number of hydrogen-bond donors (Lipinski definition) is 2. The molecule has 2 aromatic carbocycles. The number of halogens is 1. The summed E-state index contributed by atoms with van der Waals surface area (Å²) in [6.07, 6.45) is 0. The van der Waals surface area contributed by atoms with Gasteiger partial charge in [-0.15, -0.1) is 0 Å². The number of anilines is 1. The summed E-state index contributed by atoms with van der Waals surface area (Å²) in [6.45, 7) is 4.17. The number of methoxy groups -OCH3 is 2. The molecule has 1 aliphatic heterocycles. The molecule has 0 aromatic heterocycles. The Kier molecular flexibility index (Phi) is 6.42. The first kappa shape index (κ1) is 19.3. The lowest BCUT2D eigenvalue weighted by atomic mass is 10.2. The van der Waals surface area contributed by atoms with Gasteiger partial charge >= 0.3 is 6.03 Å². The van der Waals surface area contributed by atoms with Gasteiger partial charge in [-0.2, -0.15) is 0 Å². The predicted molar refractivity (Wildman–Crippen MR) is 106 cm³/mol. The molecule has 1 heterocycles. The molecular formula is C20H25ClN3O3+. The molecule has 1 aliphatic rings. The van der Waals surface area contributed by atoms with E-state index in [0.717, 1.165) is 37.7 Å². The van der Waals surface area contributed by atoms with Gasteiger partial charge in [0.25, 0.3) is 0 Å². The number of carbonyl (C=O) groups is 1. The van der Waals surface area contributed by atoms with Crippen LogP contribution in [-0.2, 0) is 6.54 Å². The van der Waals surface area contributed by atoms with Crippen molar-refractivity contribution < 1.29 is 19.2 Å². The maximum atomic E-state index is 12.5. The third kappa shape index (κ3) is 5.05. The average molecular weight is 391 g/mol. The van der Waals surface area contributed by atoms with Crippen molar-refractivity contribution in [2.75, 3.05) is 45.7 Å². The fourth-order valence-electron chi connectivity index (χ4n) is 3.25. The molecule has 0 spiro atoms. The predicted octanol–water partition coefficient (Wildman–Crippen LogP) is 2.29. The minimum Gasteiger partial charge on any atom is -0.493 e. The summed E-state index contributed by atoms with van der Waals surface area (Å²) in [4.78, 5) is 15.8. The molecule has 0 bridgehead atoms. The first-order valence-corrected chi connectivity index (χ1v) is 9.33. The molecule has 0 radical (unpaired) electrons. The summed E-state index contributed by atoms with van der Waals surface area (Å²) < 4.78 is 10.5. The van der Waals surface area contributed by atoms with Crippen LogP contribution in [-0.4, -0.2) is 51.3 Å². The van der Waals surface area contributed by atoms with Crippen molar-refractivity contribution in [3.63, 3.8) is 0 Å². The number of rotatable bonds is 5. The van der Waals surface area contributed by atoms with Gasteiger partial charge in [0.15, 0.2) is 11.5 Å². The highest BCUT2D eigenvalue weighted by molar-refractivity contribution is 6.30. The minimum atomic E-state index is -0.0935. The highest BCUT2D eigenvalue weighted by atomic mass is 35.5. The van der Waals surface area contributed by atoms with E-state index in [9.17, 15) is 4.79 Å². The Balaban J connectivity index is 1.52. The lowest BCUT2D eigenvalue weighted by Crippen LogP contribution is -3.13. The largest absolute Gasteiger partial charge is 0.493 e. The number of quaternary nitrogens is 1.